The minimum Gasteiger partial charge on any atom is -0.391 e. The van der Waals surface area contributed by atoms with Crippen LogP contribution >= 0.6 is 7.82 Å². The molecule has 0 rings (SSSR count). The molecule has 3 N–H and O–H groups in total. The van der Waals surface area contributed by atoms with Crippen LogP contribution in [0.3, 0.4) is 0 Å². The molecule has 0 radical (unpaired) electrons. The van der Waals surface area contributed by atoms with Gasteiger partial charge in [0.15, 0.2) is 0 Å². The molecule has 9 heteroatoms. The van der Waals surface area contributed by atoms with Crippen LogP contribution in [0, 0.1) is 0 Å². The number of nitrogens with zero attached hydrogens (tertiary/aromatic N) is 1. The van der Waals surface area contributed by atoms with Gasteiger partial charge in [-0.1, -0.05) is 385 Å². The number of hydrogen-bond acceptors (Lipinski definition) is 5. The van der Waals surface area contributed by atoms with Gasteiger partial charge in [-0.2, -0.15) is 0 Å². The number of rotatable bonds is 73. The zero-order valence-corrected chi connectivity index (χ0v) is 63.8. The number of hydrogen-bond donors (Lipinski definition) is 3. The monoisotopic (exact) mass is 1340 g/mol. The fraction of sp³-hybridized carbons (Fsp3) is 0.733. The van der Waals surface area contributed by atoms with Crippen LogP contribution in [-0.4, -0.2) is 73.4 Å². The highest BCUT2D eigenvalue weighted by Crippen LogP contribution is 2.43. The number of allylic oxidation sites excluding steroid dienone is 22. The summed E-state index contributed by atoms with van der Waals surface area (Å²) in [4.78, 5) is 23.5. The molecule has 0 saturated heterocycles. The smallest absolute Gasteiger partial charge is 0.391 e. The van der Waals surface area contributed by atoms with Crippen LogP contribution in [-0.2, 0) is 18.4 Å². The van der Waals surface area contributed by atoms with Gasteiger partial charge < -0.3 is 19.8 Å². The topological polar surface area (TPSA) is 105 Å². The molecule has 3 atom stereocenters. The number of carbonyl (C=O) groups is 1. The van der Waals surface area contributed by atoms with E-state index in [4.69, 9.17) is 9.05 Å². The summed E-state index contributed by atoms with van der Waals surface area (Å²) >= 11 is 0. The van der Waals surface area contributed by atoms with Crippen molar-refractivity contribution in [2.75, 3.05) is 40.9 Å². The standard InChI is InChI=1S/C86H153N2O6P/c1-6-8-10-12-14-16-18-20-22-24-26-28-30-32-34-36-38-40-41-42-43-44-45-46-47-48-50-52-54-56-58-60-62-64-66-68-70-72-74-76-78-80-86(90)87-84(83-94-95(91,92)93-82-81-88(3,4)5)85(89)79-77-75-73-71-69-67-65-63-61-59-57-55-53-51-49-39-37-35-33-31-29-27-25-23-21-19-17-15-13-11-9-7-2/h8,10,14,16,20,22,26,28,32,34,38,40,42-43,45-46,48,50,54,56,60,62,84-85,89H,6-7,9,11-13,15,17-19,21,23-25,27,29-31,33,35-37,39,41,44,47,49,51-53,55,57-59,61,63-83H2,1-5H3,(H-,87,90,91,92)/p+1/b10-8-,16-14-,22-20-,28-26-,34-32-,40-38-,43-42-,46-45-,50-48-,56-54-,62-60-. The maximum atomic E-state index is 13.1. The third-order valence-corrected chi connectivity index (χ3v) is 18.6. The van der Waals surface area contributed by atoms with Crippen molar-refractivity contribution in [1.29, 1.82) is 0 Å². The highest BCUT2D eigenvalue weighted by Gasteiger charge is 2.28. The van der Waals surface area contributed by atoms with Gasteiger partial charge in [0, 0.05) is 6.42 Å². The lowest BCUT2D eigenvalue weighted by molar-refractivity contribution is -0.870. The summed E-state index contributed by atoms with van der Waals surface area (Å²) in [7, 11) is 1.60. The van der Waals surface area contributed by atoms with Crippen molar-refractivity contribution < 1.29 is 32.9 Å². The number of phosphoric acid groups is 1. The molecular weight excluding hydrogens is 1190 g/mol. The summed E-state index contributed by atoms with van der Waals surface area (Å²) in [5, 5.41) is 14.2. The van der Waals surface area contributed by atoms with Gasteiger partial charge in [0.2, 0.25) is 5.91 Å². The minimum atomic E-state index is -4.35. The number of nitrogens with one attached hydrogen (secondary N) is 1. The van der Waals surface area contributed by atoms with Crippen LogP contribution < -0.4 is 5.32 Å². The van der Waals surface area contributed by atoms with E-state index >= 15 is 0 Å². The molecule has 3 unspecified atom stereocenters. The molecule has 0 aliphatic carbocycles. The largest absolute Gasteiger partial charge is 0.472 e. The molecule has 0 fully saturated rings. The van der Waals surface area contributed by atoms with Gasteiger partial charge in [-0.3, -0.25) is 13.8 Å². The molecule has 548 valence electrons. The number of phosphoric ester groups is 1. The lowest BCUT2D eigenvalue weighted by Gasteiger charge is -2.26. The number of aliphatic hydroxyl groups is 1. The zero-order valence-electron chi connectivity index (χ0n) is 62.9. The predicted octanol–water partition coefficient (Wildman–Crippen LogP) is 26.5. The minimum absolute atomic E-state index is 0.0668. The van der Waals surface area contributed by atoms with Gasteiger partial charge in [0.25, 0.3) is 0 Å². The van der Waals surface area contributed by atoms with Crippen LogP contribution in [0.1, 0.15) is 354 Å². The van der Waals surface area contributed by atoms with Crippen molar-refractivity contribution in [3.63, 3.8) is 0 Å². The Balaban J connectivity index is 4.06. The molecule has 0 aromatic heterocycles. The average Bonchev–Trinajstić information content (AvgIpc) is 2.01. The Labute approximate surface area is 589 Å². The van der Waals surface area contributed by atoms with Crippen molar-refractivity contribution in [3.8, 4) is 0 Å². The second kappa shape index (κ2) is 74.9. The molecule has 0 spiro atoms. The number of carbonyl (C=O) groups excluding carboxylic acids is 1. The van der Waals surface area contributed by atoms with E-state index in [-0.39, 0.29) is 19.1 Å². The fourth-order valence-corrected chi connectivity index (χ4v) is 12.3. The Morgan fingerprint density at radius 2 is 0.632 bits per heavy atom. The first kappa shape index (κ1) is 91.6. The van der Waals surface area contributed by atoms with Gasteiger partial charge >= 0.3 is 7.82 Å². The third kappa shape index (κ3) is 77.9. The van der Waals surface area contributed by atoms with Crippen LogP contribution in [0.15, 0.2) is 134 Å². The summed E-state index contributed by atoms with van der Waals surface area (Å²) in [6.07, 6.45) is 113. The van der Waals surface area contributed by atoms with E-state index in [1.54, 1.807) is 0 Å². The maximum absolute atomic E-state index is 13.1. The number of amides is 1. The molecule has 1 amide bonds. The summed E-state index contributed by atoms with van der Waals surface area (Å²) in [6, 6.07) is -0.779. The number of likely N-dealkylation sites (N-methyl/N-ethyl adjacent to an activating group) is 1. The molecule has 0 aliphatic rings. The molecule has 95 heavy (non-hydrogen) atoms. The first-order valence-corrected chi connectivity index (χ1v) is 41.5. The highest BCUT2D eigenvalue weighted by molar-refractivity contribution is 7.47. The first-order chi connectivity index (χ1) is 46.5. The highest BCUT2D eigenvalue weighted by atomic mass is 31.2. The second-order valence-corrected chi connectivity index (χ2v) is 29.5. The van der Waals surface area contributed by atoms with Gasteiger partial charge in [-0.15, -0.1) is 0 Å². The van der Waals surface area contributed by atoms with E-state index in [0.29, 0.717) is 23.9 Å². The normalized spacial score (nSPS) is 14.2. The molecule has 8 nitrogen and oxygen atoms in total. The number of quaternary nitrogens is 1. The van der Waals surface area contributed by atoms with Crippen molar-refractivity contribution >= 4 is 13.7 Å². The Kier molecular flexibility index (Phi) is 72.2. The Bertz CT molecular complexity index is 2020. The van der Waals surface area contributed by atoms with Gasteiger partial charge in [0.1, 0.15) is 13.2 Å². The van der Waals surface area contributed by atoms with E-state index in [0.717, 1.165) is 122 Å². The van der Waals surface area contributed by atoms with Crippen molar-refractivity contribution in [1.82, 2.24) is 5.32 Å². The van der Waals surface area contributed by atoms with E-state index in [9.17, 15) is 19.4 Å². The maximum Gasteiger partial charge on any atom is 0.472 e. The number of unbranched alkanes of at least 4 members (excludes halogenated alkanes) is 38. The zero-order chi connectivity index (χ0) is 69.0. The molecule has 0 heterocycles. The summed E-state index contributed by atoms with van der Waals surface area (Å²) in [5.41, 5.74) is 0. The molecule has 0 saturated carbocycles. The lowest BCUT2D eigenvalue weighted by atomic mass is 10.0. The number of aliphatic hydroxyl groups excluding tert-OH is 1. The third-order valence-electron chi connectivity index (χ3n) is 17.7. The molecule has 0 aliphatic heterocycles. The average molecular weight is 1340 g/mol. The molecule has 0 aromatic carbocycles. The van der Waals surface area contributed by atoms with Crippen LogP contribution in [0.4, 0.5) is 0 Å². The summed E-state index contributed by atoms with van der Waals surface area (Å²) in [5.74, 6) is -0.156. The second-order valence-electron chi connectivity index (χ2n) is 28.1. The predicted molar refractivity (Wildman–Crippen MR) is 419 cm³/mol. The van der Waals surface area contributed by atoms with E-state index < -0.39 is 20.0 Å². The molecule has 0 bridgehead atoms. The van der Waals surface area contributed by atoms with Crippen LogP contribution in [0.5, 0.6) is 0 Å². The Hall–Kier alpha value is -3.36. The van der Waals surface area contributed by atoms with Gasteiger partial charge in [-0.05, 0) is 96.3 Å². The van der Waals surface area contributed by atoms with E-state index in [2.05, 4.69) is 153 Å². The summed E-state index contributed by atoms with van der Waals surface area (Å²) < 4.78 is 23.9. The lowest BCUT2D eigenvalue weighted by Crippen LogP contribution is -2.46. The van der Waals surface area contributed by atoms with E-state index in [1.807, 2.05) is 21.1 Å². The van der Waals surface area contributed by atoms with Crippen LogP contribution in [0.25, 0.3) is 0 Å². The SMILES string of the molecule is CC/C=C\C/C=C\C/C=C\C/C=C\C/C=C\C/C=C\C/C=C\C/C=C\C/C=C\C/C=C\C/C=C\CCCCCCCCCC(=O)NC(COP(=O)(O)OCC[N+](C)(C)C)C(O)CCCCCCCCCCCCCCCCCCCCCCCCCCCCCCCCCC. The summed E-state index contributed by atoms with van der Waals surface area (Å²) in [6.45, 7) is 4.79. The van der Waals surface area contributed by atoms with Crippen molar-refractivity contribution in [3.05, 3.63) is 134 Å². The fourth-order valence-electron chi connectivity index (χ4n) is 11.5. The first-order valence-electron chi connectivity index (χ1n) is 40.0. The quantitative estimate of drug-likeness (QED) is 0.0243. The van der Waals surface area contributed by atoms with Crippen LogP contribution in [0.2, 0.25) is 0 Å². The molecular formula is C86H154N2O6P+. The van der Waals surface area contributed by atoms with Gasteiger partial charge in [0.05, 0.1) is 39.9 Å². The van der Waals surface area contributed by atoms with Crippen molar-refractivity contribution in [2.24, 2.45) is 0 Å². The van der Waals surface area contributed by atoms with E-state index in [1.165, 1.54) is 205 Å². The Morgan fingerprint density at radius 1 is 0.368 bits per heavy atom. The molecule has 0 aromatic rings. The van der Waals surface area contributed by atoms with Crippen molar-refractivity contribution in [2.45, 2.75) is 366 Å². The van der Waals surface area contributed by atoms with Gasteiger partial charge in [-0.25, -0.2) is 4.57 Å². The Morgan fingerprint density at radius 3 is 0.926 bits per heavy atom.